The van der Waals surface area contributed by atoms with E-state index in [9.17, 15) is 13.2 Å². The summed E-state index contributed by atoms with van der Waals surface area (Å²) in [4.78, 5) is 20.7. The monoisotopic (exact) mass is 360 g/mol. The topological polar surface area (TPSA) is 107 Å². The van der Waals surface area contributed by atoms with Crippen molar-refractivity contribution in [3.05, 3.63) is 44.7 Å². The van der Waals surface area contributed by atoms with Gasteiger partial charge in [0.05, 0.1) is 22.1 Å². The molecule has 1 aromatic heterocycles. The number of benzene rings is 1. The molecule has 0 saturated carbocycles. The zero-order chi connectivity index (χ0) is 18.9. The molecule has 25 heavy (non-hydrogen) atoms. The van der Waals surface area contributed by atoms with Gasteiger partial charge in [-0.15, -0.1) is 0 Å². The summed E-state index contributed by atoms with van der Waals surface area (Å²) in [6.45, 7) is 7.11. The van der Waals surface area contributed by atoms with E-state index in [-0.39, 0.29) is 21.4 Å². The van der Waals surface area contributed by atoms with Crippen LogP contribution in [0, 0.1) is 32.1 Å². The molecule has 0 spiro atoms. The third kappa shape index (κ3) is 3.28. The molecule has 0 aliphatic rings. The van der Waals surface area contributed by atoms with Crippen LogP contribution in [-0.2, 0) is 9.84 Å². The molecular formula is C17H20N4O3S. The van der Waals surface area contributed by atoms with Crippen LogP contribution >= 0.6 is 0 Å². The number of hydrogen-bond donors (Lipinski definition) is 1. The van der Waals surface area contributed by atoms with Crippen LogP contribution in [0.5, 0.6) is 0 Å². The summed E-state index contributed by atoms with van der Waals surface area (Å²) in [7, 11) is -2.30. The molecule has 0 fully saturated rings. The Labute approximate surface area is 146 Å². The Kier molecular flexibility index (Phi) is 4.99. The van der Waals surface area contributed by atoms with Gasteiger partial charge in [0.2, 0.25) is 15.8 Å². The van der Waals surface area contributed by atoms with Crippen molar-refractivity contribution in [3.8, 4) is 6.07 Å². The lowest BCUT2D eigenvalue weighted by Crippen LogP contribution is -2.26. The zero-order valence-electron chi connectivity index (χ0n) is 14.8. The van der Waals surface area contributed by atoms with E-state index in [4.69, 9.17) is 5.26 Å². The second-order valence-corrected chi connectivity index (χ2v) is 7.69. The van der Waals surface area contributed by atoms with Crippen molar-refractivity contribution in [2.24, 2.45) is 0 Å². The van der Waals surface area contributed by atoms with Crippen LogP contribution in [0.2, 0.25) is 0 Å². The normalized spacial score (nSPS) is 11.2. The maximum Gasteiger partial charge on any atom is 0.256 e. The summed E-state index contributed by atoms with van der Waals surface area (Å²) in [6.07, 6.45) is 0. The minimum absolute atomic E-state index is 0.0383. The zero-order valence-corrected chi connectivity index (χ0v) is 15.7. The molecule has 0 aliphatic heterocycles. The molecule has 0 amide bonds. The molecule has 1 heterocycles. The van der Waals surface area contributed by atoms with Gasteiger partial charge in [-0.2, -0.15) is 5.26 Å². The predicted octanol–water partition coefficient (Wildman–Crippen LogP) is 1.86. The molecule has 0 atom stereocenters. The average molecular weight is 360 g/mol. The summed E-state index contributed by atoms with van der Waals surface area (Å²) in [6, 6.07) is 5.04. The van der Waals surface area contributed by atoms with Gasteiger partial charge in [-0.05, 0) is 51.0 Å². The van der Waals surface area contributed by atoms with E-state index in [0.29, 0.717) is 23.2 Å². The second kappa shape index (κ2) is 6.69. The quantitative estimate of drug-likeness (QED) is 0.834. The molecule has 1 N–H and O–H groups in total. The maximum absolute atomic E-state index is 13.2. The molecular weight excluding hydrogens is 340 g/mol. The van der Waals surface area contributed by atoms with Crippen molar-refractivity contribution in [3.63, 3.8) is 0 Å². The molecule has 0 aliphatic carbocycles. The number of hydrogen-bond acceptors (Lipinski definition) is 6. The van der Waals surface area contributed by atoms with E-state index in [2.05, 4.69) is 9.97 Å². The molecule has 0 unspecified atom stereocenters. The number of nitriles is 1. The van der Waals surface area contributed by atoms with Gasteiger partial charge >= 0.3 is 0 Å². The number of sulfone groups is 1. The summed E-state index contributed by atoms with van der Waals surface area (Å²) in [5.74, 6) is 0.195. The number of aryl methyl sites for hydroxylation is 2. The van der Waals surface area contributed by atoms with Crippen molar-refractivity contribution in [2.75, 3.05) is 18.5 Å². The lowest BCUT2D eigenvalue weighted by molar-refractivity contribution is 0.589. The number of anilines is 1. The number of aromatic amines is 1. The molecule has 132 valence electrons. The molecule has 0 saturated heterocycles. The first-order chi connectivity index (χ1) is 11.6. The maximum atomic E-state index is 13.2. The average Bonchev–Trinajstić information content (AvgIpc) is 2.55. The van der Waals surface area contributed by atoms with Crippen molar-refractivity contribution in [2.45, 2.75) is 37.6 Å². The summed E-state index contributed by atoms with van der Waals surface area (Å²) >= 11 is 0. The number of aromatic nitrogens is 2. The summed E-state index contributed by atoms with van der Waals surface area (Å²) < 4.78 is 26.4. The van der Waals surface area contributed by atoms with E-state index < -0.39 is 15.4 Å². The Morgan fingerprint density at radius 1 is 1.24 bits per heavy atom. The lowest BCUT2D eigenvalue weighted by atomic mass is 10.1. The minimum atomic E-state index is -4.01. The summed E-state index contributed by atoms with van der Waals surface area (Å²) in [5.41, 5.74) is 0.826. The van der Waals surface area contributed by atoms with Gasteiger partial charge in [-0.3, -0.25) is 9.78 Å². The van der Waals surface area contributed by atoms with E-state index >= 15 is 0 Å². The van der Waals surface area contributed by atoms with Gasteiger partial charge in [0.1, 0.15) is 0 Å². The van der Waals surface area contributed by atoms with Crippen LogP contribution in [0.4, 0.5) is 5.95 Å². The fourth-order valence-corrected chi connectivity index (χ4v) is 4.49. The van der Waals surface area contributed by atoms with Gasteiger partial charge in [0.15, 0.2) is 5.03 Å². The highest BCUT2D eigenvalue weighted by Gasteiger charge is 2.28. The minimum Gasteiger partial charge on any atom is -0.346 e. The predicted molar refractivity (Wildman–Crippen MR) is 94.6 cm³/mol. The first-order valence-corrected chi connectivity index (χ1v) is 9.20. The first-order valence-electron chi connectivity index (χ1n) is 7.72. The van der Waals surface area contributed by atoms with E-state index in [1.807, 2.05) is 13.0 Å². The SMILES string of the molecule is CCN(C)c1nc(S(=O)(=O)c2c(C)cc(C#N)cc2C)c(C)c(=O)[nH]1. The van der Waals surface area contributed by atoms with Gasteiger partial charge in [0, 0.05) is 13.6 Å². The van der Waals surface area contributed by atoms with Crippen LogP contribution in [0.15, 0.2) is 26.8 Å². The first kappa shape index (κ1) is 18.7. The molecule has 2 aromatic rings. The number of nitrogens with zero attached hydrogens (tertiary/aromatic N) is 3. The smallest absolute Gasteiger partial charge is 0.256 e. The molecule has 0 bridgehead atoms. The number of nitrogens with one attached hydrogen (secondary N) is 1. The van der Waals surface area contributed by atoms with Crippen molar-refractivity contribution < 1.29 is 8.42 Å². The highest BCUT2D eigenvalue weighted by molar-refractivity contribution is 7.91. The number of H-pyrrole nitrogens is 1. The standard InChI is InChI=1S/C17H20N4O3S/c1-6-21(5)17-19-15(22)12(4)16(20-17)25(23,24)14-10(2)7-13(9-18)8-11(14)3/h7-8H,6H2,1-5H3,(H,19,20,22). The highest BCUT2D eigenvalue weighted by atomic mass is 32.2. The van der Waals surface area contributed by atoms with Crippen LogP contribution in [0.3, 0.4) is 0 Å². The third-order valence-electron chi connectivity index (χ3n) is 4.04. The Morgan fingerprint density at radius 3 is 2.28 bits per heavy atom. The van der Waals surface area contributed by atoms with Gasteiger partial charge < -0.3 is 4.90 Å². The lowest BCUT2D eigenvalue weighted by Gasteiger charge is -2.17. The third-order valence-corrected chi connectivity index (χ3v) is 6.13. The van der Waals surface area contributed by atoms with Gasteiger partial charge in [-0.25, -0.2) is 13.4 Å². The van der Waals surface area contributed by atoms with Crippen LogP contribution < -0.4 is 10.5 Å². The second-order valence-electron chi connectivity index (χ2n) is 5.89. The Bertz CT molecular complexity index is 1010. The van der Waals surface area contributed by atoms with E-state index in [1.165, 1.54) is 19.1 Å². The molecule has 2 rings (SSSR count). The molecule has 0 radical (unpaired) electrons. The Morgan fingerprint density at radius 2 is 1.80 bits per heavy atom. The van der Waals surface area contributed by atoms with E-state index in [1.54, 1.807) is 25.8 Å². The Hall–Kier alpha value is -2.66. The van der Waals surface area contributed by atoms with Crippen LogP contribution in [-0.4, -0.2) is 32.0 Å². The van der Waals surface area contributed by atoms with Crippen molar-refractivity contribution >= 4 is 15.8 Å². The summed E-state index contributed by atoms with van der Waals surface area (Å²) in [5, 5.41) is 8.78. The Balaban J connectivity index is 2.80. The van der Waals surface area contributed by atoms with Crippen LogP contribution in [0.1, 0.15) is 29.2 Å². The molecule has 1 aromatic carbocycles. The largest absolute Gasteiger partial charge is 0.346 e. The van der Waals surface area contributed by atoms with Crippen molar-refractivity contribution in [1.82, 2.24) is 9.97 Å². The van der Waals surface area contributed by atoms with Gasteiger partial charge in [0.25, 0.3) is 5.56 Å². The highest BCUT2D eigenvalue weighted by Crippen LogP contribution is 2.28. The molecule has 7 nitrogen and oxygen atoms in total. The van der Waals surface area contributed by atoms with Crippen molar-refractivity contribution in [1.29, 1.82) is 5.26 Å². The molecule has 8 heteroatoms. The number of rotatable bonds is 4. The van der Waals surface area contributed by atoms with Crippen LogP contribution in [0.25, 0.3) is 0 Å². The van der Waals surface area contributed by atoms with E-state index in [0.717, 1.165) is 0 Å². The van der Waals surface area contributed by atoms with Gasteiger partial charge in [-0.1, -0.05) is 0 Å². The fourth-order valence-electron chi connectivity index (χ4n) is 2.63. The fraction of sp³-hybridized carbons (Fsp3) is 0.353.